The monoisotopic (exact) mass is 256 g/mol. The van der Waals surface area contributed by atoms with E-state index in [-0.39, 0.29) is 12.3 Å². The number of oxime groups is 1. The highest BCUT2D eigenvalue weighted by Gasteiger charge is 2.10. The van der Waals surface area contributed by atoms with Crippen LogP contribution in [0.1, 0.15) is 23.1 Å². The van der Waals surface area contributed by atoms with Gasteiger partial charge in [-0.2, -0.15) is 0 Å². The molecule has 17 heavy (non-hydrogen) atoms. The zero-order valence-corrected chi connectivity index (χ0v) is 10.0. The molecule has 0 aliphatic rings. The molecule has 0 saturated heterocycles. The number of carbonyl (C=O) groups is 1. The first-order valence-corrected chi connectivity index (χ1v) is 5.32. The fraction of sp³-hybridized carbons (Fsp3) is 0.273. The molecule has 0 fully saturated rings. The number of nitrogens with zero attached hydrogens (tertiary/aromatic N) is 1. The van der Waals surface area contributed by atoms with Gasteiger partial charge in [0.05, 0.1) is 0 Å². The summed E-state index contributed by atoms with van der Waals surface area (Å²) in [4.78, 5) is 10.5. The van der Waals surface area contributed by atoms with E-state index in [4.69, 9.17) is 27.6 Å². The number of amidine groups is 1. The van der Waals surface area contributed by atoms with Crippen LogP contribution in [0.3, 0.4) is 0 Å². The smallest absolute Gasteiger partial charge is 0.303 e. The summed E-state index contributed by atoms with van der Waals surface area (Å²) in [6.45, 7) is 1.79. The average Bonchev–Trinajstić information content (AvgIpc) is 2.28. The van der Waals surface area contributed by atoms with Gasteiger partial charge in [-0.3, -0.25) is 4.79 Å². The summed E-state index contributed by atoms with van der Waals surface area (Å²) in [6.07, 6.45) is 0.369. The maximum Gasteiger partial charge on any atom is 0.303 e. The predicted molar refractivity (Wildman–Crippen MR) is 64.7 cm³/mol. The molecule has 6 heteroatoms. The summed E-state index contributed by atoms with van der Waals surface area (Å²) in [7, 11) is 0. The summed E-state index contributed by atoms with van der Waals surface area (Å²) in [5.41, 5.74) is 7.54. The molecule has 0 saturated carbocycles. The fourth-order valence-corrected chi connectivity index (χ4v) is 1.76. The van der Waals surface area contributed by atoms with Gasteiger partial charge >= 0.3 is 5.97 Å². The van der Waals surface area contributed by atoms with Crippen LogP contribution in [0, 0.1) is 6.92 Å². The molecular formula is C11H13ClN2O3. The number of benzene rings is 1. The molecule has 92 valence electrons. The second-order valence-electron chi connectivity index (χ2n) is 3.64. The first kappa shape index (κ1) is 13.3. The van der Waals surface area contributed by atoms with Crippen molar-refractivity contribution in [1.29, 1.82) is 0 Å². The van der Waals surface area contributed by atoms with Gasteiger partial charge in [0.15, 0.2) is 5.84 Å². The van der Waals surface area contributed by atoms with Gasteiger partial charge in [0.1, 0.15) is 0 Å². The van der Waals surface area contributed by atoms with Crippen molar-refractivity contribution in [2.45, 2.75) is 19.8 Å². The number of hydrogen-bond acceptors (Lipinski definition) is 3. The lowest BCUT2D eigenvalue weighted by Crippen LogP contribution is -2.15. The quantitative estimate of drug-likeness (QED) is 0.331. The molecular weight excluding hydrogens is 244 g/mol. The van der Waals surface area contributed by atoms with Crippen molar-refractivity contribution in [3.63, 3.8) is 0 Å². The third kappa shape index (κ3) is 3.35. The van der Waals surface area contributed by atoms with E-state index in [0.717, 1.165) is 11.1 Å². The summed E-state index contributed by atoms with van der Waals surface area (Å²) in [5, 5.41) is 20.5. The minimum Gasteiger partial charge on any atom is -0.481 e. The van der Waals surface area contributed by atoms with E-state index in [2.05, 4.69) is 5.16 Å². The van der Waals surface area contributed by atoms with Crippen LogP contribution in [0.5, 0.6) is 0 Å². The molecule has 0 atom stereocenters. The molecule has 0 aliphatic carbocycles. The van der Waals surface area contributed by atoms with Gasteiger partial charge in [-0.05, 0) is 30.5 Å². The first-order valence-electron chi connectivity index (χ1n) is 4.94. The van der Waals surface area contributed by atoms with Crippen molar-refractivity contribution in [1.82, 2.24) is 0 Å². The molecule has 0 heterocycles. The normalized spacial score (nSPS) is 11.5. The third-order valence-electron chi connectivity index (χ3n) is 2.39. The average molecular weight is 257 g/mol. The van der Waals surface area contributed by atoms with E-state index in [0.29, 0.717) is 17.0 Å². The number of aliphatic carboxylic acids is 1. The van der Waals surface area contributed by atoms with E-state index < -0.39 is 5.97 Å². The van der Waals surface area contributed by atoms with Crippen LogP contribution in [0.4, 0.5) is 0 Å². The first-order chi connectivity index (χ1) is 7.95. The number of carboxylic acid groups (broad SMARTS) is 1. The minimum atomic E-state index is -0.876. The molecule has 1 aromatic rings. The molecule has 0 bridgehead atoms. The van der Waals surface area contributed by atoms with Gasteiger partial charge in [-0.15, -0.1) is 0 Å². The van der Waals surface area contributed by atoms with Gasteiger partial charge in [-0.1, -0.05) is 22.8 Å². The van der Waals surface area contributed by atoms with Crippen molar-refractivity contribution in [3.05, 3.63) is 33.8 Å². The Morgan fingerprint density at radius 2 is 2.18 bits per heavy atom. The summed E-state index contributed by atoms with van der Waals surface area (Å²) in [6, 6.07) is 3.32. The highest BCUT2D eigenvalue weighted by molar-refractivity contribution is 6.31. The van der Waals surface area contributed by atoms with Crippen LogP contribution in [0.25, 0.3) is 0 Å². The Labute approximate surface area is 103 Å². The Balaban J connectivity index is 3.05. The largest absolute Gasteiger partial charge is 0.481 e. The highest BCUT2D eigenvalue weighted by atomic mass is 35.5. The van der Waals surface area contributed by atoms with E-state index in [1.54, 1.807) is 19.1 Å². The number of halogens is 1. The number of rotatable bonds is 4. The zero-order valence-electron chi connectivity index (χ0n) is 9.27. The molecule has 1 rings (SSSR count). The lowest BCUT2D eigenvalue weighted by molar-refractivity contribution is -0.136. The molecule has 0 unspecified atom stereocenters. The third-order valence-corrected chi connectivity index (χ3v) is 2.74. The molecule has 0 spiro atoms. The molecule has 0 aromatic heterocycles. The van der Waals surface area contributed by atoms with Crippen LogP contribution < -0.4 is 5.73 Å². The summed E-state index contributed by atoms with van der Waals surface area (Å²) in [5.74, 6) is -0.895. The van der Waals surface area contributed by atoms with Crippen molar-refractivity contribution in [3.8, 4) is 0 Å². The van der Waals surface area contributed by atoms with Crippen LogP contribution in [0.2, 0.25) is 5.02 Å². The van der Waals surface area contributed by atoms with Crippen LogP contribution in [-0.4, -0.2) is 22.1 Å². The molecule has 1 aromatic carbocycles. The topological polar surface area (TPSA) is 95.9 Å². The zero-order chi connectivity index (χ0) is 13.0. The Morgan fingerprint density at radius 1 is 1.53 bits per heavy atom. The molecule has 5 nitrogen and oxygen atoms in total. The van der Waals surface area contributed by atoms with Crippen molar-refractivity contribution >= 4 is 23.4 Å². The lowest BCUT2D eigenvalue weighted by atomic mass is 10.0. The van der Waals surface area contributed by atoms with Gasteiger partial charge in [-0.25, -0.2) is 0 Å². The lowest BCUT2D eigenvalue weighted by Gasteiger charge is -2.09. The SMILES string of the molecule is Cc1cc(CCC(=O)O)c(Cl)cc1C(N)=NO. The standard InChI is InChI=1S/C11H13ClN2O3/c1-6-4-7(2-3-10(15)16)9(12)5-8(6)11(13)14-17/h4-5,17H,2-3H2,1H3,(H2,13,14)(H,15,16). The molecule has 4 N–H and O–H groups in total. The van der Waals surface area contributed by atoms with Crippen LogP contribution >= 0.6 is 11.6 Å². The summed E-state index contributed by atoms with van der Waals surface area (Å²) >= 11 is 6.00. The maximum atomic E-state index is 10.5. The number of nitrogens with two attached hydrogens (primary N) is 1. The van der Waals surface area contributed by atoms with E-state index >= 15 is 0 Å². The maximum absolute atomic E-state index is 10.5. The van der Waals surface area contributed by atoms with Gasteiger partial charge in [0.25, 0.3) is 0 Å². The second-order valence-corrected chi connectivity index (χ2v) is 4.04. The highest BCUT2D eigenvalue weighted by Crippen LogP contribution is 2.22. The van der Waals surface area contributed by atoms with Crippen molar-refractivity contribution in [2.75, 3.05) is 0 Å². The number of aryl methyl sites for hydroxylation is 2. The van der Waals surface area contributed by atoms with Gasteiger partial charge in [0.2, 0.25) is 0 Å². The molecule has 0 amide bonds. The van der Waals surface area contributed by atoms with E-state index in [1.807, 2.05) is 0 Å². The Morgan fingerprint density at radius 3 is 2.71 bits per heavy atom. The number of carboxylic acids is 1. The second kappa shape index (κ2) is 5.54. The molecule has 0 radical (unpaired) electrons. The fourth-order valence-electron chi connectivity index (χ4n) is 1.50. The minimum absolute atomic E-state index is 0.0160. The summed E-state index contributed by atoms with van der Waals surface area (Å²) < 4.78 is 0. The molecule has 0 aliphatic heterocycles. The predicted octanol–water partition coefficient (Wildman–Crippen LogP) is 1.76. The Bertz CT molecular complexity index is 472. The van der Waals surface area contributed by atoms with Crippen LogP contribution in [0.15, 0.2) is 17.3 Å². The van der Waals surface area contributed by atoms with Crippen molar-refractivity contribution < 1.29 is 15.1 Å². The van der Waals surface area contributed by atoms with Crippen molar-refractivity contribution in [2.24, 2.45) is 10.9 Å². The van der Waals surface area contributed by atoms with E-state index in [9.17, 15) is 4.79 Å². The Hall–Kier alpha value is -1.75. The van der Waals surface area contributed by atoms with Gasteiger partial charge in [0, 0.05) is 17.0 Å². The van der Waals surface area contributed by atoms with E-state index in [1.165, 1.54) is 0 Å². The van der Waals surface area contributed by atoms with Gasteiger partial charge < -0.3 is 16.0 Å². The van der Waals surface area contributed by atoms with Crippen LogP contribution in [-0.2, 0) is 11.2 Å². The number of hydrogen-bond donors (Lipinski definition) is 3. The Kier molecular flexibility index (Phi) is 4.34.